The molecule has 3 atom stereocenters. The number of nitrogens with zero attached hydrogens (tertiary/aromatic N) is 9. The molecule has 0 amide bonds. The molecule has 240 valence electrons. The molecular weight excluding hydrogens is 606 g/mol. The summed E-state index contributed by atoms with van der Waals surface area (Å²) in [4.78, 5) is 26.0. The monoisotopic (exact) mass is 643 g/mol. The highest BCUT2D eigenvalue weighted by atomic mass is 32.1. The average Bonchev–Trinajstić information content (AvgIpc) is 3.93. The van der Waals surface area contributed by atoms with E-state index in [4.69, 9.17) is 14.2 Å². The van der Waals surface area contributed by atoms with Crippen molar-refractivity contribution in [2.75, 3.05) is 49.2 Å². The lowest BCUT2D eigenvalue weighted by atomic mass is 10.2. The first-order valence-electron chi connectivity index (χ1n) is 15.5. The minimum absolute atomic E-state index is 0.0717. The molecule has 13 nitrogen and oxygen atoms in total. The van der Waals surface area contributed by atoms with Gasteiger partial charge >= 0.3 is 5.69 Å². The van der Waals surface area contributed by atoms with Crippen LogP contribution >= 0.6 is 11.3 Å². The van der Waals surface area contributed by atoms with Gasteiger partial charge in [-0.2, -0.15) is 10.2 Å². The van der Waals surface area contributed by atoms with E-state index in [9.17, 15) is 4.79 Å². The summed E-state index contributed by atoms with van der Waals surface area (Å²) in [5.74, 6) is -0.233. The van der Waals surface area contributed by atoms with Gasteiger partial charge in [-0.1, -0.05) is 6.92 Å². The quantitative estimate of drug-likeness (QED) is 0.211. The molecule has 5 heterocycles. The molecular formula is C32H37N9O4S. The van der Waals surface area contributed by atoms with Gasteiger partial charge in [0.1, 0.15) is 44.0 Å². The van der Waals surface area contributed by atoms with Crippen molar-refractivity contribution >= 4 is 22.7 Å². The predicted molar refractivity (Wildman–Crippen MR) is 174 cm³/mol. The van der Waals surface area contributed by atoms with Gasteiger partial charge < -0.3 is 24.0 Å². The lowest BCUT2D eigenvalue weighted by Crippen LogP contribution is -2.46. The molecule has 2 aliphatic rings. The van der Waals surface area contributed by atoms with E-state index in [1.54, 1.807) is 32.8 Å². The van der Waals surface area contributed by atoms with Gasteiger partial charge in [0.25, 0.3) is 0 Å². The first kappa shape index (κ1) is 30.1. The van der Waals surface area contributed by atoms with E-state index in [0.29, 0.717) is 19.8 Å². The second-order valence-corrected chi connectivity index (χ2v) is 12.4. The molecule has 7 rings (SSSR count). The van der Waals surface area contributed by atoms with Crippen LogP contribution in [0, 0.1) is 0 Å². The third-order valence-corrected chi connectivity index (χ3v) is 9.46. The topological polar surface area (TPSA) is 118 Å². The van der Waals surface area contributed by atoms with Crippen LogP contribution in [0.4, 0.5) is 11.4 Å². The van der Waals surface area contributed by atoms with Crippen molar-refractivity contribution in [3.8, 4) is 11.4 Å². The Bertz CT molecular complexity index is 1750. The van der Waals surface area contributed by atoms with Crippen molar-refractivity contribution in [1.29, 1.82) is 0 Å². The van der Waals surface area contributed by atoms with E-state index in [-0.39, 0.29) is 17.8 Å². The summed E-state index contributed by atoms with van der Waals surface area (Å²) in [6.45, 7) is 8.77. The maximum absolute atomic E-state index is 12.8. The van der Waals surface area contributed by atoms with Gasteiger partial charge in [-0.25, -0.2) is 28.7 Å². The molecule has 46 heavy (non-hydrogen) atoms. The lowest BCUT2D eigenvalue weighted by molar-refractivity contribution is -0.190. The van der Waals surface area contributed by atoms with E-state index in [1.807, 2.05) is 36.6 Å². The Labute approximate surface area is 270 Å². The standard InChI is InChI=1S/C32H37N9O4S/c1-3-24(2)41-31(42)40(23-36-41)27-6-4-25(5-7-27)37-13-15-38(16-14-37)26-8-10-28(11-9-26)43-18-29-19-44-32(45-29,30-34-12-17-46-30)20-39-22-33-21-35-39/h4-12,17,21-24,29H,3,13-16,18-20H2,1-2H3/t24-,29+,32+/m1/s1. The van der Waals surface area contributed by atoms with Gasteiger partial charge in [0.2, 0.25) is 5.79 Å². The van der Waals surface area contributed by atoms with E-state index >= 15 is 0 Å². The highest BCUT2D eigenvalue weighted by Crippen LogP contribution is 2.37. The van der Waals surface area contributed by atoms with E-state index in [2.05, 4.69) is 61.2 Å². The zero-order chi connectivity index (χ0) is 31.5. The zero-order valence-electron chi connectivity index (χ0n) is 25.9. The maximum Gasteiger partial charge on any atom is 0.350 e. The normalized spacial score (nSPS) is 20.7. The van der Waals surface area contributed by atoms with Crippen LogP contribution in [0.1, 0.15) is 31.3 Å². The molecule has 2 saturated heterocycles. The molecule has 0 saturated carbocycles. The predicted octanol–water partition coefficient (Wildman–Crippen LogP) is 3.73. The van der Waals surface area contributed by atoms with Crippen molar-refractivity contribution in [3.63, 3.8) is 0 Å². The number of rotatable bonds is 11. The highest BCUT2D eigenvalue weighted by Gasteiger charge is 2.46. The molecule has 5 aromatic rings. The minimum atomic E-state index is -1.01. The maximum atomic E-state index is 12.8. The number of hydrogen-bond donors (Lipinski definition) is 0. The van der Waals surface area contributed by atoms with E-state index < -0.39 is 5.79 Å². The van der Waals surface area contributed by atoms with Gasteiger partial charge in [0.05, 0.1) is 18.3 Å². The average molecular weight is 644 g/mol. The van der Waals surface area contributed by atoms with Crippen LogP contribution in [0.5, 0.6) is 5.75 Å². The van der Waals surface area contributed by atoms with Gasteiger partial charge in [-0.05, 0) is 61.9 Å². The van der Waals surface area contributed by atoms with Gasteiger partial charge in [0, 0.05) is 49.1 Å². The molecule has 3 aromatic heterocycles. The van der Waals surface area contributed by atoms with E-state index in [1.165, 1.54) is 17.7 Å². The first-order valence-corrected chi connectivity index (χ1v) is 16.4. The molecule has 0 bridgehead atoms. The Morgan fingerprint density at radius 3 is 2.30 bits per heavy atom. The van der Waals surface area contributed by atoms with Gasteiger partial charge in [-0.3, -0.25) is 0 Å². The Kier molecular flexibility index (Phi) is 8.56. The third-order valence-electron chi connectivity index (χ3n) is 8.57. The summed E-state index contributed by atoms with van der Waals surface area (Å²) in [5, 5.41) is 11.2. The molecule has 14 heteroatoms. The molecule has 0 N–H and O–H groups in total. The van der Waals surface area contributed by atoms with Crippen molar-refractivity contribution < 1.29 is 14.2 Å². The van der Waals surface area contributed by atoms with Crippen LogP contribution in [-0.2, 0) is 21.8 Å². The van der Waals surface area contributed by atoms with E-state index in [0.717, 1.165) is 60.4 Å². The Balaban J connectivity index is 0.908. The van der Waals surface area contributed by atoms with Crippen LogP contribution < -0.4 is 20.2 Å². The number of aromatic nitrogens is 7. The van der Waals surface area contributed by atoms with Crippen LogP contribution in [0.2, 0.25) is 0 Å². The second kappa shape index (κ2) is 13.1. The van der Waals surface area contributed by atoms with Gasteiger partial charge in [0.15, 0.2) is 5.01 Å². The van der Waals surface area contributed by atoms with Crippen molar-refractivity contribution in [2.45, 2.75) is 44.7 Å². The molecule has 0 spiro atoms. The zero-order valence-corrected chi connectivity index (χ0v) is 26.7. The fourth-order valence-corrected chi connectivity index (χ4v) is 6.53. The SMILES string of the molecule is CC[C@@H](C)n1ncn(-c2ccc(N3CCN(c4ccc(OC[C@H]5CO[C@](Cn6cncn6)(c6nccs6)O5)cc4)CC3)cc2)c1=O. The van der Waals surface area contributed by atoms with Crippen LogP contribution in [0.25, 0.3) is 5.69 Å². The van der Waals surface area contributed by atoms with Gasteiger partial charge in [-0.15, -0.1) is 11.3 Å². The number of thiazole rings is 1. The minimum Gasteiger partial charge on any atom is -0.491 e. The third kappa shape index (κ3) is 6.15. The van der Waals surface area contributed by atoms with Crippen molar-refractivity contribution in [3.05, 3.63) is 94.6 Å². The Morgan fingerprint density at radius 1 is 0.978 bits per heavy atom. The van der Waals surface area contributed by atoms with Crippen molar-refractivity contribution in [2.24, 2.45) is 0 Å². The molecule has 0 unspecified atom stereocenters. The molecule has 2 aliphatic heterocycles. The lowest BCUT2D eigenvalue weighted by Gasteiger charge is -2.37. The first-order chi connectivity index (χ1) is 22.5. The Morgan fingerprint density at radius 2 is 1.67 bits per heavy atom. The van der Waals surface area contributed by atoms with Crippen LogP contribution in [0.3, 0.4) is 0 Å². The second-order valence-electron chi connectivity index (χ2n) is 11.5. The molecule has 2 aromatic carbocycles. The fourth-order valence-electron chi connectivity index (χ4n) is 5.81. The summed E-state index contributed by atoms with van der Waals surface area (Å²) in [6, 6.07) is 16.4. The number of ether oxygens (including phenoxy) is 3. The number of piperazine rings is 1. The summed E-state index contributed by atoms with van der Waals surface area (Å²) in [7, 11) is 0. The number of hydrogen-bond acceptors (Lipinski definition) is 11. The number of anilines is 2. The summed E-state index contributed by atoms with van der Waals surface area (Å²) >= 11 is 1.49. The van der Waals surface area contributed by atoms with Crippen molar-refractivity contribution in [1.82, 2.24) is 34.1 Å². The summed E-state index contributed by atoms with van der Waals surface area (Å²) < 4.78 is 23.5. The summed E-state index contributed by atoms with van der Waals surface area (Å²) in [5.41, 5.74) is 3.02. The Hall–Kier alpha value is -4.53. The molecule has 0 radical (unpaired) electrons. The van der Waals surface area contributed by atoms with Crippen LogP contribution in [-0.4, -0.2) is 79.6 Å². The highest BCUT2D eigenvalue weighted by molar-refractivity contribution is 7.09. The smallest absolute Gasteiger partial charge is 0.350 e. The number of benzene rings is 2. The molecule has 2 fully saturated rings. The van der Waals surface area contributed by atoms with Crippen LogP contribution in [0.15, 0.2) is 83.9 Å². The summed E-state index contributed by atoms with van der Waals surface area (Å²) in [6.07, 6.45) is 7.08. The molecule has 0 aliphatic carbocycles. The fraction of sp³-hybridized carbons (Fsp3) is 0.406. The largest absolute Gasteiger partial charge is 0.491 e.